The molecule has 102 valence electrons. The highest BCUT2D eigenvalue weighted by molar-refractivity contribution is 7.38. The minimum Gasteiger partial charge on any atom is -0.465 e. The molecule has 0 atom stereocenters. The Morgan fingerprint density at radius 1 is 1.21 bits per heavy atom. The smallest absolute Gasteiger partial charge is 0.348 e. The molecule has 0 aliphatic heterocycles. The molecule has 0 aliphatic rings. The second-order valence-electron chi connectivity index (χ2n) is 4.95. The summed E-state index contributed by atoms with van der Waals surface area (Å²) in [5, 5.41) is 2.51. The van der Waals surface area contributed by atoms with E-state index < -0.39 is 5.60 Å². The minimum absolute atomic E-state index is 0.368. The van der Waals surface area contributed by atoms with Gasteiger partial charge in [0.1, 0.15) is 10.5 Å². The summed E-state index contributed by atoms with van der Waals surface area (Å²) in [6.07, 6.45) is 0. The molecule has 0 spiro atoms. The van der Waals surface area contributed by atoms with E-state index in [4.69, 9.17) is 4.74 Å². The third kappa shape index (κ3) is 2.96. The van der Waals surface area contributed by atoms with Gasteiger partial charge in [-0.2, -0.15) is 0 Å². The van der Waals surface area contributed by atoms with Crippen molar-refractivity contribution in [1.82, 2.24) is 0 Å². The molecule has 0 unspecified atom stereocenters. The van der Waals surface area contributed by atoms with Crippen molar-refractivity contribution in [3.63, 3.8) is 0 Å². The third-order valence-electron chi connectivity index (χ3n) is 2.28. The van der Waals surface area contributed by atoms with E-state index in [0.717, 1.165) is 9.40 Å². The Balaban J connectivity index is 2.37. The Hall–Kier alpha value is -1.40. The van der Waals surface area contributed by atoms with E-state index in [9.17, 15) is 9.59 Å². The van der Waals surface area contributed by atoms with E-state index in [1.807, 2.05) is 20.8 Å². The average molecular weight is 298 g/mol. The predicted molar refractivity (Wildman–Crippen MR) is 76.2 cm³/mol. The molecule has 0 fully saturated rings. The summed E-state index contributed by atoms with van der Waals surface area (Å²) in [6, 6.07) is 1.68. The number of fused-ring (bicyclic) bond motifs is 1. The highest BCUT2D eigenvalue weighted by Crippen LogP contribution is 2.35. The quantitative estimate of drug-likeness (QED) is 0.793. The van der Waals surface area contributed by atoms with Gasteiger partial charge in [0.05, 0.1) is 16.7 Å². The maximum absolute atomic E-state index is 12.1. The zero-order valence-electron chi connectivity index (χ0n) is 11.1. The molecule has 2 heterocycles. The molecule has 6 heteroatoms. The van der Waals surface area contributed by atoms with Gasteiger partial charge in [-0.1, -0.05) is 0 Å². The summed E-state index contributed by atoms with van der Waals surface area (Å²) in [5.74, 6) is -0.753. The fourth-order valence-corrected chi connectivity index (χ4v) is 3.69. The fraction of sp³-hybridized carbons (Fsp3) is 0.385. The van der Waals surface area contributed by atoms with Gasteiger partial charge in [0.15, 0.2) is 0 Å². The van der Waals surface area contributed by atoms with Gasteiger partial charge in [-0.15, -0.1) is 22.7 Å². The topological polar surface area (TPSA) is 52.6 Å². The van der Waals surface area contributed by atoms with E-state index in [1.54, 1.807) is 11.4 Å². The second kappa shape index (κ2) is 4.94. The standard InChI is InChI=1S/C13H14O4S2/c1-13(2,3)17-10(14)8-6-18-12-7(8)5-9(19-12)11(15)16-4/h5-6H,1-4H3. The summed E-state index contributed by atoms with van der Waals surface area (Å²) in [7, 11) is 1.34. The van der Waals surface area contributed by atoms with E-state index in [0.29, 0.717) is 10.4 Å². The normalized spacial score (nSPS) is 11.6. The van der Waals surface area contributed by atoms with Gasteiger partial charge in [-0.05, 0) is 26.8 Å². The van der Waals surface area contributed by atoms with Crippen LogP contribution in [-0.4, -0.2) is 24.6 Å². The maximum Gasteiger partial charge on any atom is 0.348 e. The van der Waals surface area contributed by atoms with Crippen LogP contribution in [0.25, 0.3) is 9.40 Å². The van der Waals surface area contributed by atoms with Gasteiger partial charge in [-0.3, -0.25) is 0 Å². The van der Waals surface area contributed by atoms with Crippen LogP contribution in [0.3, 0.4) is 0 Å². The van der Waals surface area contributed by atoms with Crippen LogP contribution in [0.4, 0.5) is 0 Å². The van der Waals surface area contributed by atoms with Crippen LogP contribution >= 0.6 is 22.7 Å². The van der Waals surface area contributed by atoms with Crippen molar-refractivity contribution in [2.24, 2.45) is 0 Å². The summed E-state index contributed by atoms with van der Waals surface area (Å²) in [5.41, 5.74) is -0.0339. The van der Waals surface area contributed by atoms with Crippen molar-refractivity contribution >= 4 is 44.0 Å². The monoisotopic (exact) mass is 298 g/mol. The number of thiophene rings is 2. The lowest BCUT2D eigenvalue weighted by molar-refractivity contribution is 0.00721. The number of rotatable bonds is 2. The molecule has 0 aliphatic carbocycles. The molecule has 0 radical (unpaired) electrons. The first-order chi connectivity index (χ1) is 8.81. The van der Waals surface area contributed by atoms with Crippen molar-refractivity contribution in [3.8, 4) is 0 Å². The molecule has 19 heavy (non-hydrogen) atoms. The lowest BCUT2D eigenvalue weighted by Gasteiger charge is -2.19. The Morgan fingerprint density at radius 3 is 2.47 bits per heavy atom. The third-order valence-corrected chi connectivity index (χ3v) is 4.51. The van der Waals surface area contributed by atoms with Gasteiger partial charge in [0.2, 0.25) is 0 Å². The molecule has 0 saturated carbocycles. The van der Waals surface area contributed by atoms with Gasteiger partial charge in [0, 0.05) is 10.8 Å². The first-order valence-corrected chi connectivity index (χ1v) is 7.34. The maximum atomic E-state index is 12.1. The van der Waals surface area contributed by atoms with Gasteiger partial charge < -0.3 is 9.47 Å². The Bertz CT molecular complexity index is 631. The van der Waals surface area contributed by atoms with E-state index >= 15 is 0 Å². The van der Waals surface area contributed by atoms with Crippen LogP contribution in [0.15, 0.2) is 11.4 Å². The van der Waals surface area contributed by atoms with Crippen molar-refractivity contribution < 1.29 is 19.1 Å². The highest BCUT2D eigenvalue weighted by Gasteiger charge is 2.22. The van der Waals surface area contributed by atoms with Crippen LogP contribution in [0, 0.1) is 0 Å². The fourth-order valence-electron chi connectivity index (χ4n) is 1.52. The number of ether oxygens (including phenoxy) is 2. The number of carbonyl (C=O) groups is 2. The lowest BCUT2D eigenvalue weighted by atomic mass is 10.2. The Morgan fingerprint density at radius 2 is 1.89 bits per heavy atom. The summed E-state index contributed by atoms with van der Waals surface area (Å²) < 4.78 is 10.9. The SMILES string of the molecule is COC(=O)c1cc2c(C(=O)OC(C)(C)C)csc2s1. The molecule has 2 rings (SSSR count). The molecule has 4 nitrogen and oxygen atoms in total. The molecule has 0 amide bonds. The zero-order valence-corrected chi connectivity index (χ0v) is 12.7. The van der Waals surface area contributed by atoms with Crippen molar-refractivity contribution in [2.45, 2.75) is 26.4 Å². The molecular formula is C13H14O4S2. The lowest BCUT2D eigenvalue weighted by Crippen LogP contribution is -2.23. The number of carbonyl (C=O) groups excluding carboxylic acids is 2. The average Bonchev–Trinajstić information content (AvgIpc) is 2.83. The molecule has 0 bridgehead atoms. The van der Waals surface area contributed by atoms with E-state index in [2.05, 4.69) is 4.74 Å². The summed E-state index contributed by atoms with van der Waals surface area (Å²) in [6.45, 7) is 5.46. The molecule has 0 N–H and O–H groups in total. The van der Waals surface area contributed by atoms with Crippen LogP contribution in [0.5, 0.6) is 0 Å². The second-order valence-corrected chi connectivity index (χ2v) is 7.14. The molecule has 2 aromatic heterocycles. The van der Waals surface area contributed by atoms with Crippen LogP contribution in [-0.2, 0) is 9.47 Å². The summed E-state index contributed by atoms with van der Waals surface area (Å²) >= 11 is 2.75. The van der Waals surface area contributed by atoms with Gasteiger partial charge in [0.25, 0.3) is 0 Å². The molecule has 0 saturated heterocycles. The van der Waals surface area contributed by atoms with Crippen molar-refractivity contribution in [3.05, 3.63) is 21.9 Å². The Labute approximate surface area is 118 Å². The largest absolute Gasteiger partial charge is 0.465 e. The first kappa shape index (κ1) is 14.0. The molecule has 2 aromatic rings. The number of esters is 2. The van der Waals surface area contributed by atoms with E-state index in [-0.39, 0.29) is 11.9 Å². The van der Waals surface area contributed by atoms with Crippen LogP contribution in [0.1, 0.15) is 40.8 Å². The van der Waals surface area contributed by atoms with Gasteiger partial charge >= 0.3 is 11.9 Å². The van der Waals surface area contributed by atoms with Gasteiger partial charge in [-0.25, -0.2) is 9.59 Å². The predicted octanol–water partition coefficient (Wildman–Crippen LogP) is 3.70. The number of hydrogen-bond donors (Lipinski definition) is 0. The van der Waals surface area contributed by atoms with Crippen LogP contribution < -0.4 is 0 Å². The molecule has 0 aromatic carbocycles. The van der Waals surface area contributed by atoms with Crippen molar-refractivity contribution in [2.75, 3.05) is 7.11 Å². The molecular weight excluding hydrogens is 284 g/mol. The minimum atomic E-state index is -0.535. The van der Waals surface area contributed by atoms with Crippen molar-refractivity contribution in [1.29, 1.82) is 0 Å². The van der Waals surface area contributed by atoms with Crippen LogP contribution in [0.2, 0.25) is 0 Å². The summed E-state index contributed by atoms with van der Waals surface area (Å²) in [4.78, 5) is 24.0. The highest BCUT2D eigenvalue weighted by atomic mass is 32.2. The zero-order chi connectivity index (χ0) is 14.2. The first-order valence-electron chi connectivity index (χ1n) is 5.64. The number of hydrogen-bond acceptors (Lipinski definition) is 6. The van der Waals surface area contributed by atoms with E-state index in [1.165, 1.54) is 29.8 Å². The Kier molecular flexibility index (Phi) is 3.64. The number of methoxy groups -OCH3 is 1.